The molecular weight excluding hydrogens is 278 g/mol. The molecule has 0 aliphatic heterocycles. The number of methoxy groups -OCH3 is 2. The van der Waals surface area contributed by atoms with Crippen molar-refractivity contribution in [2.75, 3.05) is 14.2 Å². The maximum atomic E-state index is 5.75. The van der Waals surface area contributed by atoms with Gasteiger partial charge >= 0.3 is 0 Å². The number of furan rings is 1. The fourth-order valence-corrected chi connectivity index (χ4v) is 2.15. The number of hydrogen-bond donors (Lipinski definition) is 1. The molecule has 2 aromatic rings. The van der Waals surface area contributed by atoms with Crippen LogP contribution in [0.4, 0.5) is 0 Å². The monoisotopic (exact) mass is 295 g/mol. The van der Waals surface area contributed by atoms with Gasteiger partial charge in [0, 0.05) is 11.6 Å². The van der Waals surface area contributed by atoms with Gasteiger partial charge in [-0.3, -0.25) is 0 Å². The second-order valence-electron chi connectivity index (χ2n) is 4.42. The molecule has 5 heteroatoms. The molecule has 1 aromatic carbocycles. The van der Waals surface area contributed by atoms with Crippen LogP contribution < -0.4 is 14.8 Å². The van der Waals surface area contributed by atoms with E-state index in [2.05, 4.69) is 12.2 Å². The molecule has 0 saturated carbocycles. The highest BCUT2D eigenvalue weighted by Gasteiger charge is 2.13. The molecule has 0 amide bonds. The van der Waals surface area contributed by atoms with Crippen molar-refractivity contribution in [2.24, 2.45) is 0 Å². The van der Waals surface area contributed by atoms with Gasteiger partial charge < -0.3 is 19.2 Å². The van der Waals surface area contributed by atoms with Crippen LogP contribution in [0.5, 0.6) is 11.5 Å². The Hall–Kier alpha value is -1.65. The van der Waals surface area contributed by atoms with Crippen LogP contribution in [0.15, 0.2) is 34.7 Å². The highest BCUT2D eigenvalue weighted by molar-refractivity contribution is 6.28. The molecule has 0 spiro atoms. The van der Waals surface area contributed by atoms with Gasteiger partial charge in [0.05, 0.1) is 20.8 Å². The lowest BCUT2D eigenvalue weighted by molar-refractivity contribution is 0.389. The molecule has 1 atom stereocenters. The van der Waals surface area contributed by atoms with E-state index in [9.17, 15) is 0 Å². The van der Waals surface area contributed by atoms with Crippen molar-refractivity contribution in [1.82, 2.24) is 5.32 Å². The van der Waals surface area contributed by atoms with E-state index in [0.29, 0.717) is 11.8 Å². The third-order valence-corrected chi connectivity index (χ3v) is 3.32. The largest absolute Gasteiger partial charge is 0.497 e. The van der Waals surface area contributed by atoms with Crippen LogP contribution in [0.1, 0.15) is 24.3 Å². The standard InChI is InChI=1S/C15H18ClNO3/c1-10(17-9-12-5-7-15(16)20-12)13-8-11(18-2)4-6-14(13)19-3/h4-8,10,17H,9H2,1-3H3. The molecule has 0 saturated heterocycles. The second kappa shape index (κ2) is 6.68. The Morgan fingerprint density at radius 2 is 2.00 bits per heavy atom. The van der Waals surface area contributed by atoms with Crippen molar-refractivity contribution >= 4 is 11.6 Å². The van der Waals surface area contributed by atoms with E-state index in [-0.39, 0.29) is 6.04 Å². The van der Waals surface area contributed by atoms with E-state index in [1.54, 1.807) is 20.3 Å². The predicted molar refractivity (Wildman–Crippen MR) is 78.5 cm³/mol. The van der Waals surface area contributed by atoms with Gasteiger partial charge in [0.25, 0.3) is 0 Å². The lowest BCUT2D eigenvalue weighted by atomic mass is 10.1. The summed E-state index contributed by atoms with van der Waals surface area (Å²) in [7, 11) is 3.30. The topological polar surface area (TPSA) is 43.6 Å². The summed E-state index contributed by atoms with van der Waals surface area (Å²) in [6.07, 6.45) is 0. The van der Waals surface area contributed by atoms with Gasteiger partial charge in [-0.2, -0.15) is 0 Å². The molecule has 0 fully saturated rings. The SMILES string of the molecule is COc1ccc(OC)c(C(C)NCc2ccc(Cl)o2)c1. The van der Waals surface area contributed by atoms with E-state index < -0.39 is 0 Å². The van der Waals surface area contributed by atoms with Gasteiger partial charge in [-0.25, -0.2) is 0 Å². The molecule has 1 heterocycles. The molecule has 1 aromatic heterocycles. The van der Waals surface area contributed by atoms with Crippen molar-refractivity contribution in [3.8, 4) is 11.5 Å². The first-order valence-electron chi connectivity index (χ1n) is 6.33. The lowest BCUT2D eigenvalue weighted by Gasteiger charge is -2.17. The Balaban J connectivity index is 2.09. The minimum atomic E-state index is 0.0870. The van der Waals surface area contributed by atoms with Crippen molar-refractivity contribution in [3.05, 3.63) is 46.9 Å². The number of benzene rings is 1. The number of halogens is 1. The smallest absolute Gasteiger partial charge is 0.193 e. The highest BCUT2D eigenvalue weighted by atomic mass is 35.5. The van der Waals surface area contributed by atoms with E-state index in [0.717, 1.165) is 22.8 Å². The summed E-state index contributed by atoms with van der Waals surface area (Å²) in [5, 5.41) is 3.76. The van der Waals surface area contributed by atoms with E-state index in [4.69, 9.17) is 25.5 Å². The average molecular weight is 296 g/mol. The zero-order chi connectivity index (χ0) is 14.5. The van der Waals surface area contributed by atoms with E-state index >= 15 is 0 Å². The van der Waals surface area contributed by atoms with Gasteiger partial charge in [-0.05, 0) is 48.9 Å². The maximum Gasteiger partial charge on any atom is 0.193 e. The van der Waals surface area contributed by atoms with Crippen molar-refractivity contribution in [2.45, 2.75) is 19.5 Å². The number of hydrogen-bond acceptors (Lipinski definition) is 4. The van der Waals surface area contributed by atoms with E-state index in [1.165, 1.54) is 0 Å². The normalized spacial score (nSPS) is 12.2. The number of ether oxygens (including phenoxy) is 2. The van der Waals surface area contributed by atoms with Gasteiger partial charge in [0.2, 0.25) is 0 Å². The fraction of sp³-hybridized carbons (Fsp3) is 0.333. The molecule has 4 nitrogen and oxygen atoms in total. The zero-order valence-electron chi connectivity index (χ0n) is 11.8. The van der Waals surface area contributed by atoms with Crippen LogP contribution in [0.2, 0.25) is 5.22 Å². The third kappa shape index (κ3) is 3.46. The quantitative estimate of drug-likeness (QED) is 0.880. The molecule has 2 rings (SSSR count). The summed E-state index contributed by atoms with van der Waals surface area (Å²) >= 11 is 5.75. The maximum absolute atomic E-state index is 5.75. The first-order valence-corrected chi connectivity index (χ1v) is 6.71. The first kappa shape index (κ1) is 14.8. The zero-order valence-corrected chi connectivity index (χ0v) is 12.5. The van der Waals surface area contributed by atoms with Crippen LogP contribution >= 0.6 is 11.6 Å². The number of rotatable bonds is 6. The highest BCUT2D eigenvalue weighted by Crippen LogP contribution is 2.29. The molecule has 0 bridgehead atoms. The Bertz CT molecular complexity index is 568. The summed E-state index contributed by atoms with van der Waals surface area (Å²) in [6, 6.07) is 9.41. The molecule has 1 N–H and O–H groups in total. The predicted octanol–water partition coefficient (Wildman–Crippen LogP) is 3.80. The van der Waals surface area contributed by atoms with Crippen molar-refractivity contribution in [1.29, 1.82) is 0 Å². The second-order valence-corrected chi connectivity index (χ2v) is 4.79. The summed E-state index contributed by atoms with van der Waals surface area (Å²) in [6.45, 7) is 2.65. The number of nitrogens with one attached hydrogen (secondary N) is 1. The Labute approximate surface area is 123 Å². The van der Waals surface area contributed by atoms with Gasteiger partial charge in [-0.15, -0.1) is 0 Å². The van der Waals surface area contributed by atoms with Gasteiger partial charge in [0.15, 0.2) is 5.22 Å². The van der Waals surface area contributed by atoms with Crippen LogP contribution in [-0.2, 0) is 6.54 Å². The minimum absolute atomic E-state index is 0.0870. The summed E-state index contributed by atoms with van der Waals surface area (Å²) in [4.78, 5) is 0. The van der Waals surface area contributed by atoms with Crippen LogP contribution in [-0.4, -0.2) is 14.2 Å². The molecule has 0 aliphatic carbocycles. The Morgan fingerprint density at radius 1 is 1.20 bits per heavy atom. The van der Waals surface area contributed by atoms with Crippen LogP contribution in [0, 0.1) is 0 Å². The average Bonchev–Trinajstić information content (AvgIpc) is 2.89. The summed E-state index contributed by atoms with van der Waals surface area (Å²) in [5.74, 6) is 2.42. The molecule has 20 heavy (non-hydrogen) atoms. The van der Waals surface area contributed by atoms with E-state index in [1.807, 2.05) is 24.3 Å². The summed E-state index contributed by atoms with van der Waals surface area (Å²) < 4.78 is 16.0. The molecule has 0 radical (unpaired) electrons. The van der Waals surface area contributed by atoms with Gasteiger partial charge in [0.1, 0.15) is 17.3 Å². The Kier molecular flexibility index (Phi) is 4.93. The lowest BCUT2D eigenvalue weighted by Crippen LogP contribution is -2.18. The molecular formula is C15H18ClNO3. The Morgan fingerprint density at radius 3 is 2.60 bits per heavy atom. The van der Waals surface area contributed by atoms with Crippen LogP contribution in [0.25, 0.3) is 0 Å². The van der Waals surface area contributed by atoms with Gasteiger partial charge in [-0.1, -0.05) is 0 Å². The van der Waals surface area contributed by atoms with Crippen molar-refractivity contribution in [3.63, 3.8) is 0 Å². The van der Waals surface area contributed by atoms with Crippen molar-refractivity contribution < 1.29 is 13.9 Å². The third-order valence-electron chi connectivity index (χ3n) is 3.11. The molecule has 108 valence electrons. The minimum Gasteiger partial charge on any atom is -0.497 e. The molecule has 1 unspecified atom stereocenters. The fourth-order valence-electron chi connectivity index (χ4n) is 1.99. The first-order chi connectivity index (χ1) is 9.63. The molecule has 0 aliphatic rings. The van der Waals surface area contributed by atoms with Crippen LogP contribution in [0.3, 0.4) is 0 Å². The summed E-state index contributed by atoms with van der Waals surface area (Å²) in [5.41, 5.74) is 1.03.